The third kappa shape index (κ3) is 3.72. The standard InChI is InChI=1S/C11H15ClN6O/c1-17-10(12)9(8-15-17)16-11(19)13-4-2-6-18-7-3-5-14-18/h3,5,7-8H,2,4,6H2,1H3,(H2,13,16,19). The topological polar surface area (TPSA) is 76.8 Å². The number of halogens is 1. The van der Waals surface area contributed by atoms with E-state index >= 15 is 0 Å². The second-order valence-electron chi connectivity index (χ2n) is 3.98. The monoisotopic (exact) mass is 282 g/mol. The second kappa shape index (κ2) is 6.24. The first-order valence-electron chi connectivity index (χ1n) is 5.86. The van der Waals surface area contributed by atoms with E-state index in [9.17, 15) is 4.79 Å². The van der Waals surface area contributed by atoms with Crippen molar-refractivity contribution in [2.24, 2.45) is 7.05 Å². The number of nitrogens with one attached hydrogen (secondary N) is 2. The van der Waals surface area contributed by atoms with Crippen LogP contribution in [0.3, 0.4) is 0 Å². The van der Waals surface area contributed by atoms with Crippen LogP contribution in [0.2, 0.25) is 5.15 Å². The van der Waals surface area contributed by atoms with Gasteiger partial charge in [-0.3, -0.25) is 9.36 Å². The molecule has 8 heteroatoms. The van der Waals surface area contributed by atoms with Crippen LogP contribution in [0.5, 0.6) is 0 Å². The highest BCUT2D eigenvalue weighted by Crippen LogP contribution is 2.19. The summed E-state index contributed by atoms with van der Waals surface area (Å²) in [4.78, 5) is 11.6. The summed E-state index contributed by atoms with van der Waals surface area (Å²) in [6.45, 7) is 1.32. The van der Waals surface area contributed by atoms with Crippen LogP contribution in [0.1, 0.15) is 6.42 Å². The number of anilines is 1. The van der Waals surface area contributed by atoms with Crippen LogP contribution < -0.4 is 10.6 Å². The zero-order chi connectivity index (χ0) is 13.7. The SMILES string of the molecule is Cn1ncc(NC(=O)NCCCn2cccn2)c1Cl. The van der Waals surface area contributed by atoms with Crippen molar-refractivity contribution in [1.82, 2.24) is 24.9 Å². The van der Waals surface area contributed by atoms with Gasteiger partial charge in [-0.2, -0.15) is 10.2 Å². The molecule has 7 nitrogen and oxygen atoms in total. The Hall–Kier alpha value is -2.02. The summed E-state index contributed by atoms with van der Waals surface area (Å²) in [6, 6.07) is 1.57. The minimum absolute atomic E-state index is 0.296. The Morgan fingerprint density at radius 1 is 1.47 bits per heavy atom. The van der Waals surface area contributed by atoms with Gasteiger partial charge in [0, 0.05) is 32.5 Å². The molecule has 2 aromatic rings. The molecule has 0 aliphatic carbocycles. The van der Waals surface area contributed by atoms with Crippen LogP contribution in [-0.4, -0.2) is 32.1 Å². The average molecular weight is 283 g/mol. The van der Waals surface area contributed by atoms with Gasteiger partial charge in [-0.25, -0.2) is 4.79 Å². The van der Waals surface area contributed by atoms with Crippen molar-refractivity contribution < 1.29 is 4.79 Å². The quantitative estimate of drug-likeness (QED) is 0.816. The molecule has 0 fully saturated rings. The molecule has 0 aromatic carbocycles. The number of aromatic nitrogens is 4. The van der Waals surface area contributed by atoms with E-state index in [0.717, 1.165) is 13.0 Å². The number of rotatable bonds is 5. The Morgan fingerprint density at radius 2 is 2.32 bits per heavy atom. The summed E-state index contributed by atoms with van der Waals surface area (Å²) in [5.41, 5.74) is 0.494. The molecule has 19 heavy (non-hydrogen) atoms. The van der Waals surface area contributed by atoms with Gasteiger partial charge in [-0.1, -0.05) is 11.6 Å². The Labute approximate surface area is 115 Å². The van der Waals surface area contributed by atoms with E-state index in [1.807, 2.05) is 16.9 Å². The van der Waals surface area contributed by atoms with Gasteiger partial charge >= 0.3 is 6.03 Å². The first-order valence-corrected chi connectivity index (χ1v) is 6.24. The smallest absolute Gasteiger partial charge is 0.319 e. The number of hydrogen-bond donors (Lipinski definition) is 2. The molecule has 2 heterocycles. The molecule has 0 aliphatic rings. The molecular formula is C11H15ClN6O. The maximum atomic E-state index is 11.6. The van der Waals surface area contributed by atoms with Gasteiger partial charge in [-0.15, -0.1) is 0 Å². The zero-order valence-electron chi connectivity index (χ0n) is 10.5. The lowest BCUT2D eigenvalue weighted by molar-refractivity contribution is 0.251. The number of carbonyl (C=O) groups excluding carboxylic acids is 1. The summed E-state index contributed by atoms with van der Waals surface area (Å²) in [5.74, 6) is 0. The normalized spacial score (nSPS) is 10.4. The Balaban J connectivity index is 1.69. The molecular weight excluding hydrogens is 268 g/mol. The first kappa shape index (κ1) is 13.4. The van der Waals surface area contributed by atoms with Crippen LogP contribution in [0.15, 0.2) is 24.7 Å². The highest BCUT2D eigenvalue weighted by atomic mass is 35.5. The molecule has 0 spiro atoms. The van der Waals surface area contributed by atoms with Crippen molar-refractivity contribution in [2.45, 2.75) is 13.0 Å². The predicted molar refractivity (Wildman–Crippen MR) is 72.1 cm³/mol. The third-order valence-electron chi connectivity index (χ3n) is 2.52. The fourth-order valence-corrected chi connectivity index (χ4v) is 1.69. The first-order chi connectivity index (χ1) is 9.16. The fraction of sp³-hybridized carbons (Fsp3) is 0.364. The van der Waals surface area contributed by atoms with Gasteiger partial charge in [-0.05, 0) is 12.5 Å². The van der Waals surface area contributed by atoms with Crippen LogP contribution in [0.25, 0.3) is 0 Å². The molecule has 0 aliphatic heterocycles. The molecule has 102 valence electrons. The summed E-state index contributed by atoms with van der Waals surface area (Å²) < 4.78 is 3.30. The summed E-state index contributed by atoms with van der Waals surface area (Å²) in [6.07, 6.45) is 5.92. The van der Waals surface area contributed by atoms with Crippen LogP contribution in [0, 0.1) is 0 Å². The average Bonchev–Trinajstić information content (AvgIpc) is 3.00. The third-order valence-corrected chi connectivity index (χ3v) is 2.97. The second-order valence-corrected chi connectivity index (χ2v) is 4.33. The molecule has 2 aromatic heterocycles. The van der Waals surface area contributed by atoms with Gasteiger partial charge < -0.3 is 10.6 Å². The lowest BCUT2D eigenvalue weighted by atomic mass is 10.4. The molecule has 0 bridgehead atoms. The lowest BCUT2D eigenvalue weighted by Gasteiger charge is -2.06. The lowest BCUT2D eigenvalue weighted by Crippen LogP contribution is -2.30. The number of urea groups is 1. The number of amides is 2. The van der Waals surface area contributed by atoms with Gasteiger partial charge in [0.1, 0.15) is 5.15 Å². The van der Waals surface area contributed by atoms with Gasteiger partial charge in [0.15, 0.2) is 0 Å². The van der Waals surface area contributed by atoms with Crippen LogP contribution in [-0.2, 0) is 13.6 Å². The summed E-state index contributed by atoms with van der Waals surface area (Å²) in [7, 11) is 1.70. The summed E-state index contributed by atoms with van der Waals surface area (Å²) in [5, 5.41) is 13.8. The van der Waals surface area contributed by atoms with E-state index in [1.54, 1.807) is 13.2 Å². The number of carbonyl (C=O) groups is 1. The Kier molecular flexibility index (Phi) is 4.40. The molecule has 2 N–H and O–H groups in total. The maximum Gasteiger partial charge on any atom is 0.319 e. The van der Waals surface area contributed by atoms with Crippen molar-refractivity contribution in [1.29, 1.82) is 0 Å². The van der Waals surface area contributed by atoms with Crippen LogP contribution in [0.4, 0.5) is 10.5 Å². The van der Waals surface area contributed by atoms with Crippen molar-refractivity contribution >= 4 is 23.3 Å². The molecule has 2 rings (SSSR count). The molecule has 0 atom stereocenters. The molecule has 0 radical (unpaired) electrons. The zero-order valence-corrected chi connectivity index (χ0v) is 11.3. The number of aryl methyl sites for hydroxylation is 2. The molecule has 0 saturated heterocycles. The molecule has 0 saturated carbocycles. The van der Waals surface area contributed by atoms with Gasteiger partial charge in [0.2, 0.25) is 0 Å². The van der Waals surface area contributed by atoms with Crippen molar-refractivity contribution in [3.63, 3.8) is 0 Å². The van der Waals surface area contributed by atoms with Gasteiger partial charge in [0.05, 0.1) is 11.9 Å². The summed E-state index contributed by atoms with van der Waals surface area (Å²) >= 11 is 5.93. The van der Waals surface area contributed by atoms with E-state index < -0.39 is 0 Å². The minimum atomic E-state index is -0.296. The Bertz CT molecular complexity index is 535. The largest absolute Gasteiger partial charge is 0.338 e. The van der Waals surface area contributed by atoms with Crippen LogP contribution >= 0.6 is 11.6 Å². The van der Waals surface area contributed by atoms with E-state index in [-0.39, 0.29) is 6.03 Å². The van der Waals surface area contributed by atoms with E-state index in [0.29, 0.717) is 17.4 Å². The number of hydrogen-bond acceptors (Lipinski definition) is 3. The highest BCUT2D eigenvalue weighted by Gasteiger charge is 2.08. The fourth-order valence-electron chi connectivity index (χ4n) is 1.55. The highest BCUT2D eigenvalue weighted by molar-refractivity contribution is 6.32. The molecule has 0 unspecified atom stereocenters. The predicted octanol–water partition coefficient (Wildman–Crippen LogP) is 1.48. The molecule has 2 amide bonds. The van der Waals surface area contributed by atoms with E-state index in [4.69, 9.17) is 11.6 Å². The van der Waals surface area contributed by atoms with Crippen molar-refractivity contribution in [3.05, 3.63) is 29.8 Å². The minimum Gasteiger partial charge on any atom is -0.338 e. The van der Waals surface area contributed by atoms with Crippen molar-refractivity contribution in [3.8, 4) is 0 Å². The van der Waals surface area contributed by atoms with Crippen molar-refractivity contribution in [2.75, 3.05) is 11.9 Å². The van der Waals surface area contributed by atoms with E-state index in [1.165, 1.54) is 10.9 Å². The van der Waals surface area contributed by atoms with E-state index in [2.05, 4.69) is 20.8 Å². The Morgan fingerprint density at radius 3 is 2.95 bits per heavy atom. The number of nitrogens with zero attached hydrogens (tertiary/aromatic N) is 4. The maximum absolute atomic E-state index is 11.6. The van der Waals surface area contributed by atoms with Gasteiger partial charge in [0.25, 0.3) is 0 Å².